The standard InChI is InChI=1S/C18H38O2Si2/c1-14(2)15(19)20-18(7,22(11,12)13)16(3,4)17(5,6)21(8,9)10/h1H2,2-13H3. The van der Waals surface area contributed by atoms with Crippen LogP contribution in [-0.2, 0) is 9.53 Å². The Labute approximate surface area is 140 Å². The van der Waals surface area contributed by atoms with Crippen LogP contribution in [0.2, 0.25) is 44.3 Å². The highest BCUT2D eigenvalue weighted by Crippen LogP contribution is 2.60. The van der Waals surface area contributed by atoms with Gasteiger partial charge in [0.2, 0.25) is 0 Å². The van der Waals surface area contributed by atoms with Gasteiger partial charge in [-0.05, 0) is 18.9 Å². The lowest BCUT2D eigenvalue weighted by Gasteiger charge is -2.61. The van der Waals surface area contributed by atoms with E-state index in [2.05, 4.69) is 80.5 Å². The third-order valence-electron chi connectivity index (χ3n) is 6.71. The molecule has 2 nitrogen and oxygen atoms in total. The van der Waals surface area contributed by atoms with Gasteiger partial charge in [-0.2, -0.15) is 0 Å². The maximum atomic E-state index is 12.3. The summed E-state index contributed by atoms with van der Waals surface area (Å²) in [5.74, 6) is -0.260. The molecule has 0 aliphatic rings. The van der Waals surface area contributed by atoms with E-state index in [1.54, 1.807) is 6.92 Å². The highest BCUT2D eigenvalue weighted by atomic mass is 28.3. The smallest absolute Gasteiger partial charge is 0.333 e. The molecule has 4 heteroatoms. The summed E-state index contributed by atoms with van der Waals surface area (Å²) >= 11 is 0. The van der Waals surface area contributed by atoms with Crippen LogP contribution in [0.1, 0.15) is 41.5 Å². The third-order valence-corrected chi connectivity index (χ3v) is 14.7. The quantitative estimate of drug-likeness (QED) is 0.342. The van der Waals surface area contributed by atoms with Gasteiger partial charge < -0.3 is 4.74 Å². The molecule has 0 aromatic heterocycles. The van der Waals surface area contributed by atoms with E-state index in [0.29, 0.717) is 5.57 Å². The molecule has 0 spiro atoms. The molecule has 0 heterocycles. The second kappa shape index (κ2) is 5.93. The average Bonchev–Trinajstić information content (AvgIpc) is 2.24. The number of esters is 1. The maximum Gasteiger partial charge on any atom is 0.333 e. The largest absolute Gasteiger partial charge is 0.459 e. The second-order valence-corrected chi connectivity index (χ2v) is 21.2. The molecule has 0 amide bonds. The summed E-state index contributed by atoms with van der Waals surface area (Å²) in [6, 6.07) is 0. The number of carbonyl (C=O) groups excluding carboxylic acids is 1. The molecule has 0 aromatic rings. The van der Waals surface area contributed by atoms with Gasteiger partial charge in [0, 0.05) is 11.0 Å². The topological polar surface area (TPSA) is 26.3 Å². The Balaban J connectivity index is 6.23. The first-order valence-corrected chi connectivity index (χ1v) is 15.2. The predicted octanol–water partition coefficient (Wildman–Crippen LogP) is 5.89. The molecule has 22 heavy (non-hydrogen) atoms. The van der Waals surface area contributed by atoms with Crippen molar-refractivity contribution in [2.45, 2.75) is 91.1 Å². The third kappa shape index (κ3) is 3.43. The zero-order chi connectivity index (χ0) is 18.4. The van der Waals surface area contributed by atoms with Crippen LogP contribution in [0.5, 0.6) is 0 Å². The highest BCUT2D eigenvalue weighted by molar-refractivity contribution is 6.81. The van der Waals surface area contributed by atoms with Crippen LogP contribution < -0.4 is 0 Å². The van der Waals surface area contributed by atoms with Gasteiger partial charge in [-0.3, -0.25) is 0 Å². The molecule has 130 valence electrons. The lowest BCUT2D eigenvalue weighted by atomic mass is 9.75. The van der Waals surface area contributed by atoms with Crippen molar-refractivity contribution in [2.24, 2.45) is 5.41 Å². The molecule has 0 aliphatic carbocycles. The normalized spacial score (nSPS) is 16.9. The number of carbonyl (C=O) groups is 1. The van der Waals surface area contributed by atoms with Gasteiger partial charge in [-0.15, -0.1) is 0 Å². The Morgan fingerprint density at radius 1 is 0.864 bits per heavy atom. The first-order chi connectivity index (χ1) is 9.33. The van der Waals surface area contributed by atoms with E-state index in [9.17, 15) is 4.79 Å². The van der Waals surface area contributed by atoms with Crippen LogP contribution in [0.15, 0.2) is 12.2 Å². The van der Waals surface area contributed by atoms with E-state index < -0.39 is 21.4 Å². The van der Waals surface area contributed by atoms with Gasteiger partial charge in [0.15, 0.2) is 0 Å². The highest BCUT2D eigenvalue weighted by Gasteiger charge is 2.62. The van der Waals surface area contributed by atoms with Crippen molar-refractivity contribution in [1.29, 1.82) is 0 Å². The summed E-state index contributed by atoms with van der Waals surface area (Å²) in [4.78, 5) is 12.3. The van der Waals surface area contributed by atoms with Gasteiger partial charge in [-0.25, -0.2) is 4.79 Å². The molecule has 0 aliphatic heterocycles. The van der Waals surface area contributed by atoms with Crippen molar-refractivity contribution in [1.82, 2.24) is 0 Å². The van der Waals surface area contributed by atoms with Crippen molar-refractivity contribution in [3.63, 3.8) is 0 Å². The summed E-state index contributed by atoms with van der Waals surface area (Å²) in [5.41, 5.74) is 0.353. The van der Waals surface area contributed by atoms with E-state index in [4.69, 9.17) is 4.74 Å². The molecule has 0 bridgehead atoms. The van der Waals surface area contributed by atoms with Crippen molar-refractivity contribution in [3.8, 4) is 0 Å². The zero-order valence-corrected chi connectivity index (χ0v) is 19.0. The maximum absolute atomic E-state index is 12.3. The van der Waals surface area contributed by atoms with Gasteiger partial charge >= 0.3 is 5.97 Å². The first-order valence-electron chi connectivity index (χ1n) is 8.22. The summed E-state index contributed by atoms with van der Waals surface area (Å²) in [5, 5.41) is -0.343. The Bertz CT molecular complexity index is 451. The Morgan fingerprint density at radius 3 is 1.45 bits per heavy atom. The lowest BCUT2D eigenvalue weighted by Crippen LogP contribution is -2.67. The molecule has 0 saturated carbocycles. The van der Waals surface area contributed by atoms with Crippen molar-refractivity contribution in [3.05, 3.63) is 12.2 Å². The van der Waals surface area contributed by atoms with Crippen LogP contribution >= 0.6 is 0 Å². The van der Waals surface area contributed by atoms with Crippen molar-refractivity contribution in [2.75, 3.05) is 0 Å². The van der Waals surface area contributed by atoms with E-state index >= 15 is 0 Å². The summed E-state index contributed by atoms with van der Waals surface area (Å²) in [6.07, 6.45) is 0. The molecule has 0 saturated heterocycles. The number of hydrogen-bond donors (Lipinski definition) is 0. The first kappa shape index (κ1) is 21.6. The molecule has 1 unspecified atom stereocenters. The predicted molar refractivity (Wildman–Crippen MR) is 104 cm³/mol. The Morgan fingerprint density at radius 2 is 1.23 bits per heavy atom. The summed E-state index contributed by atoms with van der Waals surface area (Å²) in [7, 11) is -3.28. The Hall–Kier alpha value is -0.356. The molecule has 0 fully saturated rings. The fourth-order valence-corrected chi connectivity index (χ4v) is 7.85. The molecular weight excluding hydrogens is 304 g/mol. The SMILES string of the molecule is C=C(C)C(=O)OC(C)(C(C)(C)C(C)(C)[Si](C)(C)C)[Si](C)(C)C. The van der Waals surface area contributed by atoms with Crippen LogP contribution in [0.3, 0.4) is 0 Å². The van der Waals surface area contributed by atoms with Gasteiger partial charge in [-0.1, -0.05) is 73.6 Å². The lowest BCUT2D eigenvalue weighted by molar-refractivity contribution is -0.157. The summed E-state index contributed by atoms with van der Waals surface area (Å²) in [6.45, 7) is 31.0. The molecule has 1 atom stereocenters. The fourth-order valence-electron chi connectivity index (χ4n) is 3.02. The van der Waals surface area contributed by atoms with Crippen molar-refractivity contribution < 1.29 is 9.53 Å². The van der Waals surface area contributed by atoms with Crippen LogP contribution in [0, 0.1) is 5.41 Å². The fraction of sp³-hybridized carbons (Fsp3) is 0.833. The van der Waals surface area contributed by atoms with E-state index in [1.165, 1.54) is 0 Å². The van der Waals surface area contributed by atoms with Crippen LogP contribution in [0.25, 0.3) is 0 Å². The molecule has 0 radical (unpaired) electrons. The number of rotatable bonds is 6. The van der Waals surface area contributed by atoms with Gasteiger partial charge in [0.1, 0.15) is 5.22 Å². The second-order valence-electron chi connectivity index (χ2n) is 9.95. The molecule has 0 aromatic carbocycles. The molecule has 0 N–H and O–H groups in total. The summed E-state index contributed by atoms with van der Waals surface area (Å²) < 4.78 is 6.16. The van der Waals surface area contributed by atoms with Gasteiger partial charge in [0.25, 0.3) is 0 Å². The van der Waals surface area contributed by atoms with Gasteiger partial charge in [0.05, 0.1) is 16.1 Å². The minimum atomic E-state index is -1.81. The Kier molecular flexibility index (Phi) is 5.84. The minimum Gasteiger partial charge on any atom is -0.459 e. The van der Waals surface area contributed by atoms with Crippen LogP contribution in [-0.4, -0.2) is 27.3 Å². The zero-order valence-electron chi connectivity index (χ0n) is 17.0. The van der Waals surface area contributed by atoms with E-state index in [1.807, 2.05) is 0 Å². The number of ether oxygens (including phenoxy) is 1. The number of hydrogen-bond acceptors (Lipinski definition) is 2. The average molecular weight is 343 g/mol. The van der Waals surface area contributed by atoms with Crippen molar-refractivity contribution >= 4 is 22.1 Å². The monoisotopic (exact) mass is 342 g/mol. The molecule has 0 rings (SSSR count). The van der Waals surface area contributed by atoms with E-state index in [-0.39, 0.29) is 16.4 Å². The molecular formula is C18H38O2Si2. The minimum absolute atomic E-state index is 0.115. The van der Waals surface area contributed by atoms with E-state index in [0.717, 1.165) is 0 Å². The van der Waals surface area contributed by atoms with Crippen LogP contribution in [0.4, 0.5) is 0 Å².